The second-order valence-corrected chi connectivity index (χ2v) is 7.27. The molecule has 3 nitrogen and oxygen atoms in total. The minimum absolute atomic E-state index is 0.239. The van der Waals surface area contributed by atoms with Gasteiger partial charge >= 0.3 is 0 Å². The van der Waals surface area contributed by atoms with Gasteiger partial charge in [-0.25, -0.2) is 4.68 Å². The van der Waals surface area contributed by atoms with E-state index in [2.05, 4.69) is 5.10 Å². The van der Waals surface area contributed by atoms with Crippen LogP contribution in [0.4, 0.5) is 0 Å². The van der Waals surface area contributed by atoms with Crippen molar-refractivity contribution >= 4 is 29.4 Å². The van der Waals surface area contributed by atoms with Crippen molar-refractivity contribution in [3.05, 3.63) is 63.5 Å². The molecule has 2 rings (SSSR count). The van der Waals surface area contributed by atoms with Gasteiger partial charge in [0.15, 0.2) is 0 Å². The van der Waals surface area contributed by atoms with Crippen molar-refractivity contribution < 1.29 is 0 Å². The van der Waals surface area contributed by atoms with Gasteiger partial charge in [-0.3, -0.25) is 4.79 Å². The SMILES string of the molecule is CC(C)(C)n1ncc(SCC=Cc2ccccc2)c(Cl)c1=O. The Kier molecular flexibility index (Phi) is 5.48. The van der Waals surface area contributed by atoms with Crippen molar-refractivity contribution in [2.24, 2.45) is 0 Å². The maximum Gasteiger partial charge on any atom is 0.287 e. The molecule has 0 aliphatic carbocycles. The zero-order valence-corrected chi connectivity index (χ0v) is 14.5. The fraction of sp³-hybridized carbons (Fsp3) is 0.294. The van der Waals surface area contributed by atoms with Gasteiger partial charge < -0.3 is 0 Å². The third kappa shape index (κ3) is 4.24. The van der Waals surface area contributed by atoms with E-state index in [9.17, 15) is 4.79 Å². The van der Waals surface area contributed by atoms with Crippen LogP contribution in [0.3, 0.4) is 0 Å². The van der Waals surface area contributed by atoms with Crippen LogP contribution in [0.2, 0.25) is 5.02 Å². The fourth-order valence-electron chi connectivity index (χ4n) is 1.88. The van der Waals surface area contributed by atoms with Crippen LogP contribution >= 0.6 is 23.4 Å². The second kappa shape index (κ2) is 7.16. The highest BCUT2D eigenvalue weighted by molar-refractivity contribution is 7.99. The van der Waals surface area contributed by atoms with E-state index >= 15 is 0 Å². The number of benzene rings is 1. The molecule has 0 N–H and O–H groups in total. The molecule has 116 valence electrons. The van der Waals surface area contributed by atoms with Crippen LogP contribution in [0.5, 0.6) is 0 Å². The molecule has 0 spiro atoms. The van der Waals surface area contributed by atoms with Crippen LogP contribution in [0.1, 0.15) is 26.3 Å². The fourth-order valence-corrected chi connectivity index (χ4v) is 2.88. The van der Waals surface area contributed by atoms with Crippen LogP contribution in [-0.2, 0) is 5.54 Å². The van der Waals surface area contributed by atoms with Crippen molar-refractivity contribution in [1.29, 1.82) is 0 Å². The summed E-state index contributed by atoms with van der Waals surface area (Å²) in [6, 6.07) is 10.1. The lowest BCUT2D eigenvalue weighted by Crippen LogP contribution is -2.36. The molecule has 0 atom stereocenters. The Labute approximate surface area is 140 Å². The van der Waals surface area contributed by atoms with Crippen molar-refractivity contribution in [3.8, 4) is 0 Å². The van der Waals surface area contributed by atoms with Gasteiger partial charge in [0.05, 0.1) is 16.6 Å². The first-order valence-corrected chi connectivity index (χ1v) is 8.38. The highest BCUT2D eigenvalue weighted by atomic mass is 35.5. The number of halogens is 1. The quantitative estimate of drug-likeness (QED) is 0.774. The van der Waals surface area contributed by atoms with Crippen LogP contribution in [0.25, 0.3) is 6.08 Å². The Hall–Kier alpha value is -1.52. The van der Waals surface area contributed by atoms with E-state index in [1.807, 2.05) is 63.3 Å². The van der Waals surface area contributed by atoms with Gasteiger partial charge in [-0.1, -0.05) is 54.1 Å². The van der Waals surface area contributed by atoms with Crippen LogP contribution in [-0.4, -0.2) is 15.5 Å². The summed E-state index contributed by atoms with van der Waals surface area (Å²) in [6.45, 7) is 5.77. The summed E-state index contributed by atoms with van der Waals surface area (Å²) in [6.07, 6.45) is 5.76. The highest BCUT2D eigenvalue weighted by Gasteiger charge is 2.19. The maximum atomic E-state index is 12.2. The molecule has 1 aromatic heterocycles. The van der Waals surface area contributed by atoms with Gasteiger partial charge in [-0.15, -0.1) is 11.8 Å². The average molecular weight is 335 g/mol. The van der Waals surface area contributed by atoms with Crippen molar-refractivity contribution in [1.82, 2.24) is 9.78 Å². The largest absolute Gasteiger partial charge is 0.287 e. The summed E-state index contributed by atoms with van der Waals surface area (Å²) in [7, 11) is 0. The third-order valence-electron chi connectivity index (χ3n) is 2.97. The maximum absolute atomic E-state index is 12.2. The first-order valence-electron chi connectivity index (χ1n) is 7.02. The predicted molar refractivity (Wildman–Crippen MR) is 94.7 cm³/mol. The van der Waals surface area contributed by atoms with E-state index < -0.39 is 0 Å². The number of thioether (sulfide) groups is 1. The molecule has 1 aromatic carbocycles. The van der Waals surface area contributed by atoms with E-state index in [0.717, 1.165) is 11.3 Å². The molecule has 22 heavy (non-hydrogen) atoms. The molecule has 0 amide bonds. The summed E-state index contributed by atoms with van der Waals surface area (Å²) >= 11 is 7.69. The summed E-state index contributed by atoms with van der Waals surface area (Å²) in [4.78, 5) is 12.9. The first kappa shape index (κ1) is 16.8. The average Bonchev–Trinajstić information content (AvgIpc) is 2.47. The van der Waals surface area contributed by atoms with Gasteiger partial charge in [0.1, 0.15) is 5.02 Å². The minimum atomic E-state index is -0.378. The van der Waals surface area contributed by atoms with E-state index in [0.29, 0.717) is 4.90 Å². The highest BCUT2D eigenvalue weighted by Crippen LogP contribution is 2.24. The third-order valence-corrected chi connectivity index (χ3v) is 4.42. The molecule has 0 saturated carbocycles. The van der Waals surface area contributed by atoms with Crippen LogP contribution < -0.4 is 5.56 Å². The number of aromatic nitrogens is 2. The monoisotopic (exact) mass is 334 g/mol. The summed E-state index contributed by atoms with van der Waals surface area (Å²) in [5.41, 5.74) is 0.526. The molecule has 0 aliphatic rings. The molecule has 5 heteroatoms. The van der Waals surface area contributed by atoms with Gasteiger partial charge in [0.2, 0.25) is 0 Å². The molecule has 0 bridgehead atoms. The van der Waals surface area contributed by atoms with E-state index in [4.69, 9.17) is 11.6 Å². The summed E-state index contributed by atoms with van der Waals surface area (Å²) in [5.74, 6) is 0.731. The molecule has 0 unspecified atom stereocenters. The molecule has 0 fully saturated rings. The molecular weight excluding hydrogens is 316 g/mol. The molecule has 0 aliphatic heterocycles. The lowest BCUT2D eigenvalue weighted by Gasteiger charge is -2.20. The van der Waals surface area contributed by atoms with Crippen molar-refractivity contribution in [2.75, 3.05) is 5.75 Å². The van der Waals surface area contributed by atoms with Crippen molar-refractivity contribution in [2.45, 2.75) is 31.2 Å². The zero-order chi connectivity index (χ0) is 16.2. The lowest BCUT2D eigenvalue weighted by atomic mass is 10.1. The molecule has 2 aromatic rings. The number of hydrogen-bond acceptors (Lipinski definition) is 3. The second-order valence-electron chi connectivity index (χ2n) is 5.83. The molecule has 0 saturated heterocycles. The van der Waals surface area contributed by atoms with Crippen molar-refractivity contribution in [3.63, 3.8) is 0 Å². The van der Waals surface area contributed by atoms with E-state index in [-0.39, 0.29) is 16.1 Å². The minimum Gasteiger partial charge on any atom is -0.266 e. The van der Waals surface area contributed by atoms with Gasteiger partial charge in [0, 0.05) is 5.75 Å². The number of hydrogen-bond donors (Lipinski definition) is 0. The lowest BCUT2D eigenvalue weighted by molar-refractivity contribution is 0.336. The summed E-state index contributed by atoms with van der Waals surface area (Å²) < 4.78 is 1.42. The van der Waals surface area contributed by atoms with Crippen LogP contribution in [0, 0.1) is 0 Å². The van der Waals surface area contributed by atoms with Gasteiger partial charge in [0.25, 0.3) is 5.56 Å². The number of nitrogens with zero attached hydrogens (tertiary/aromatic N) is 2. The normalized spacial score (nSPS) is 12.0. The van der Waals surface area contributed by atoms with E-state index in [1.54, 1.807) is 6.20 Å². The topological polar surface area (TPSA) is 34.9 Å². The molecule has 1 heterocycles. The van der Waals surface area contributed by atoms with Gasteiger partial charge in [-0.05, 0) is 26.3 Å². The Bertz CT molecular complexity index is 718. The Morgan fingerprint density at radius 3 is 2.59 bits per heavy atom. The first-order chi connectivity index (χ1) is 10.4. The summed E-state index contributed by atoms with van der Waals surface area (Å²) in [5, 5.41) is 4.46. The Morgan fingerprint density at radius 1 is 1.27 bits per heavy atom. The molecule has 0 radical (unpaired) electrons. The van der Waals surface area contributed by atoms with E-state index in [1.165, 1.54) is 16.4 Å². The molecular formula is C17H19ClN2OS. The zero-order valence-electron chi connectivity index (χ0n) is 12.9. The smallest absolute Gasteiger partial charge is 0.266 e. The number of rotatable bonds is 4. The Balaban J connectivity index is 2.07. The predicted octanol–water partition coefficient (Wildman–Crippen LogP) is 4.46. The van der Waals surface area contributed by atoms with Crippen LogP contribution in [0.15, 0.2) is 52.3 Å². The Morgan fingerprint density at radius 2 is 1.95 bits per heavy atom. The van der Waals surface area contributed by atoms with Gasteiger partial charge in [-0.2, -0.15) is 5.10 Å². The standard InChI is InChI=1S/C17H19ClN2OS/c1-17(2,3)20-16(21)15(18)14(12-19-20)22-11-7-10-13-8-5-4-6-9-13/h4-10,12H,11H2,1-3H3.